The maximum Gasteiger partial charge on any atom is 0.459 e. The summed E-state index contributed by atoms with van der Waals surface area (Å²) >= 11 is 0. The van der Waals surface area contributed by atoms with Crippen molar-refractivity contribution in [2.24, 2.45) is 17.8 Å². The summed E-state index contributed by atoms with van der Waals surface area (Å²) < 4.78 is 71.8. The number of hydrogen-bond donors (Lipinski definition) is 0. The number of halogens is 4. The van der Waals surface area contributed by atoms with Gasteiger partial charge in [0.15, 0.2) is 11.5 Å². The molecular weight excluding hydrogens is 400 g/mol. The second kappa shape index (κ2) is 9.92. The molecule has 0 aromatic heterocycles. The molecular formula is C23H30F4O3. The summed E-state index contributed by atoms with van der Waals surface area (Å²) in [5.41, 5.74) is 0. The first kappa shape index (κ1) is 22.8. The maximum absolute atomic E-state index is 14.5. The minimum absolute atomic E-state index is 0.120. The van der Waals surface area contributed by atoms with Crippen LogP contribution in [0.1, 0.15) is 58.8 Å². The molecule has 1 fully saturated rings. The number of ether oxygens (including phenoxy) is 3. The minimum atomic E-state index is -3.88. The van der Waals surface area contributed by atoms with Gasteiger partial charge in [0.05, 0.1) is 13.2 Å². The molecule has 30 heavy (non-hydrogen) atoms. The van der Waals surface area contributed by atoms with Gasteiger partial charge in [0.25, 0.3) is 0 Å². The van der Waals surface area contributed by atoms with Crippen LogP contribution in [0.5, 0.6) is 11.5 Å². The van der Waals surface area contributed by atoms with Gasteiger partial charge in [0, 0.05) is 0 Å². The van der Waals surface area contributed by atoms with E-state index >= 15 is 0 Å². The van der Waals surface area contributed by atoms with Gasteiger partial charge in [0.1, 0.15) is 0 Å². The zero-order valence-electron chi connectivity index (χ0n) is 17.6. The molecule has 1 atom stereocenters. The zero-order valence-corrected chi connectivity index (χ0v) is 17.6. The molecule has 7 heteroatoms. The highest BCUT2D eigenvalue weighted by atomic mass is 19.3. The van der Waals surface area contributed by atoms with Crippen molar-refractivity contribution in [2.75, 3.05) is 13.2 Å². The summed E-state index contributed by atoms with van der Waals surface area (Å²) in [5, 5.41) is 0. The molecule has 1 saturated carbocycles. The van der Waals surface area contributed by atoms with Crippen molar-refractivity contribution in [2.45, 2.75) is 64.9 Å². The Hall–Kier alpha value is -1.92. The quantitative estimate of drug-likeness (QED) is 0.422. The Labute approximate surface area is 175 Å². The fourth-order valence-corrected chi connectivity index (χ4v) is 4.52. The molecule has 3 rings (SSSR count). The van der Waals surface area contributed by atoms with Gasteiger partial charge >= 0.3 is 6.11 Å². The SMILES string of the molecule is CCCC1CCC(C2CC=C(C(F)(F)Oc3ccc(OCC)c(F)c3F)OC2)CC1. The van der Waals surface area contributed by atoms with Gasteiger partial charge in [0.2, 0.25) is 17.4 Å². The predicted octanol–water partition coefficient (Wildman–Crippen LogP) is 6.86. The Bertz CT molecular complexity index is 742. The minimum Gasteiger partial charge on any atom is -0.491 e. The molecule has 168 valence electrons. The molecule has 0 radical (unpaired) electrons. The third kappa shape index (κ3) is 5.22. The molecule has 0 spiro atoms. The van der Waals surface area contributed by atoms with Crippen molar-refractivity contribution in [1.29, 1.82) is 0 Å². The zero-order chi connectivity index (χ0) is 21.7. The molecule has 1 aromatic rings. The Balaban J connectivity index is 1.60. The van der Waals surface area contributed by atoms with Crippen LogP contribution >= 0.6 is 0 Å². The van der Waals surface area contributed by atoms with E-state index in [2.05, 4.69) is 11.7 Å². The molecule has 1 unspecified atom stereocenters. The molecule has 0 N–H and O–H groups in total. The third-order valence-corrected chi connectivity index (χ3v) is 6.15. The van der Waals surface area contributed by atoms with Gasteiger partial charge in [-0.15, -0.1) is 0 Å². The van der Waals surface area contributed by atoms with Crippen LogP contribution in [0.4, 0.5) is 17.6 Å². The third-order valence-electron chi connectivity index (χ3n) is 6.15. The molecule has 2 aliphatic rings. The smallest absolute Gasteiger partial charge is 0.459 e. The van der Waals surface area contributed by atoms with Crippen LogP contribution in [-0.4, -0.2) is 19.3 Å². The highest BCUT2D eigenvalue weighted by Gasteiger charge is 2.43. The van der Waals surface area contributed by atoms with Crippen LogP contribution in [0, 0.1) is 29.4 Å². The van der Waals surface area contributed by atoms with Crippen molar-refractivity contribution in [3.63, 3.8) is 0 Å². The van der Waals surface area contributed by atoms with Gasteiger partial charge in [-0.25, -0.2) is 0 Å². The standard InChI is InChI=1S/C23H30F4O3/c1-3-5-15-6-8-16(9-7-15)17-10-13-20(29-14-17)23(26,27)30-19-12-11-18(28-4-2)21(24)22(19)25/h11-13,15-17H,3-10,14H2,1-2H3. The predicted molar refractivity (Wildman–Crippen MR) is 106 cm³/mol. The van der Waals surface area contributed by atoms with E-state index < -0.39 is 29.3 Å². The van der Waals surface area contributed by atoms with Gasteiger partial charge in [-0.3, -0.25) is 0 Å². The monoisotopic (exact) mass is 430 g/mol. The van der Waals surface area contributed by atoms with Crippen molar-refractivity contribution < 1.29 is 31.8 Å². The van der Waals surface area contributed by atoms with E-state index in [1.54, 1.807) is 6.92 Å². The molecule has 1 aliphatic carbocycles. The normalized spacial score (nSPS) is 24.7. The van der Waals surface area contributed by atoms with Crippen LogP contribution in [0.25, 0.3) is 0 Å². The van der Waals surface area contributed by atoms with E-state index in [4.69, 9.17) is 9.47 Å². The molecule has 0 bridgehead atoms. The number of hydrogen-bond acceptors (Lipinski definition) is 3. The lowest BCUT2D eigenvalue weighted by Crippen LogP contribution is -2.34. The Morgan fingerprint density at radius 3 is 2.27 bits per heavy atom. The molecule has 0 amide bonds. The van der Waals surface area contributed by atoms with Crippen molar-refractivity contribution >= 4 is 0 Å². The van der Waals surface area contributed by atoms with Crippen molar-refractivity contribution in [3.05, 3.63) is 35.6 Å². The number of alkyl halides is 2. The molecule has 1 aliphatic heterocycles. The highest BCUT2D eigenvalue weighted by molar-refractivity contribution is 5.35. The first-order chi connectivity index (χ1) is 14.4. The summed E-state index contributed by atoms with van der Waals surface area (Å²) in [6.07, 6.45) is 4.95. The van der Waals surface area contributed by atoms with Gasteiger partial charge in [-0.05, 0) is 62.1 Å². The summed E-state index contributed by atoms with van der Waals surface area (Å²) in [5.74, 6) is -3.30. The lowest BCUT2D eigenvalue weighted by atomic mass is 9.73. The topological polar surface area (TPSA) is 27.7 Å². The van der Waals surface area contributed by atoms with Crippen LogP contribution in [-0.2, 0) is 4.74 Å². The number of allylic oxidation sites excluding steroid dienone is 1. The van der Waals surface area contributed by atoms with Gasteiger partial charge in [-0.2, -0.15) is 17.6 Å². The second-order valence-corrected chi connectivity index (χ2v) is 8.19. The van der Waals surface area contributed by atoms with Crippen LogP contribution in [0.2, 0.25) is 0 Å². The molecule has 3 nitrogen and oxygen atoms in total. The summed E-state index contributed by atoms with van der Waals surface area (Å²) in [6, 6.07) is 1.99. The van der Waals surface area contributed by atoms with E-state index in [1.807, 2.05) is 0 Å². The highest BCUT2D eigenvalue weighted by Crippen LogP contribution is 2.41. The van der Waals surface area contributed by atoms with Crippen LogP contribution < -0.4 is 9.47 Å². The lowest BCUT2D eigenvalue weighted by molar-refractivity contribution is -0.180. The first-order valence-corrected chi connectivity index (χ1v) is 10.9. The van der Waals surface area contributed by atoms with Crippen LogP contribution in [0.3, 0.4) is 0 Å². The van der Waals surface area contributed by atoms with E-state index in [-0.39, 0.29) is 24.9 Å². The Kier molecular flexibility index (Phi) is 7.53. The summed E-state index contributed by atoms with van der Waals surface area (Å²) in [7, 11) is 0. The van der Waals surface area contributed by atoms with E-state index in [1.165, 1.54) is 31.8 Å². The van der Waals surface area contributed by atoms with E-state index in [9.17, 15) is 17.6 Å². The van der Waals surface area contributed by atoms with Crippen molar-refractivity contribution in [3.8, 4) is 11.5 Å². The second-order valence-electron chi connectivity index (χ2n) is 8.19. The Morgan fingerprint density at radius 1 is 1.00 bits per heavy atom. The largest absolute Gasteiger partial charge is 0.491 e. The molecule has 0 saturated heterocycles. The molecule has 1 aromatic carbocycles. The summed E-state index contributed by atoms with van der Waals surface area (Å²) in [4.78, 5) is 0. The number of benzene rings is 1. The summed E-state index contributed by atoms with van der Waals surface area (Å²) in [6.45, 7) is 4.11. The Morgan fingerprint density at radius 2 is 1.67 bits per heavy atom. The fraction of sp³-hybridized carbons (Fsp3) is 0.652. The lowest BCUT2D eigenvalue weighted by Gasteiger charge is -2.36. The molecule has 1 heterocycles. The average Bonchev–Trinajstić information content (AvgIpc) is 2.74. The van der Waals surface area contributed by atoms with Crippen LogP contribution in [0.15, 0.2) is 24.0 Å². The average molecular weight is 430 g/mol. The van der Waals surface area contributed by atoms with Gasteiger partial charge in [-0.1, -0.05) is 32.6 Å². The fourth-order valence-electron chi connectivity index (χ4n) is 4.52. The van der Waals surface area contributed by atoms with E-state index in [0.29, 0.717) is 12.3 Å². The maximum atomic E-state index is 14.5. The van der Waals surface area contributed by atoms with Gasteiger partial charge < -0.3 is 14.2 Å². The number of rotatable bonds is 8. The van der Waals surface area contributed by atoms with Crippen molar-refractivity contribution in [1.82, 2.24) is 0 Å². The van der Waals surface area contributed by atoms with E-state index in [0.717, 1.165) is 30.9 Å². The first-order valence-electron chi connectivity index (χ1n) is 10.9.